The first-order chi connectivity index (χ1) is 72.5. The van der Waals surface area contributed by atoms with Gasteiger partial charge in [0.15, 0.2) is 34.9 Å². The molecule has 698 valence electrons. The van der Waals surface area contributed by atoms with Gasteiger partial charge in [0, 0.05) is 66.8 Å². The van der Waals surface area contributed by atoms with Gasteiger partial charge < -0.3 is 0 Å². The second-order valence-electron chi connectivity index (χ2n) is 36.2. The van der Waals surface area contributed by atoms with Crippen LogP contribution in [0.5, 0.6) is 0 Å². The molecule has 9 nitrogen and oxygen atoms in total. The van der Waals surface area contributed by atoms with Crippen LogP contribution in [0.25, 0.3) is 225 Å². The lowest BCUT2D eigenvalue weighted by molar-refractivity contribution is 1.07. The molecular formula is C138H101N9. The minimum atomic E-state index is 0.627. The molecule has 0 saturated carbocycles. The quantitative estimate of drug-likeness (QED) is 0.0735. The fourth-order valence-electron chi connectivity index (χ4n) is 17.7. The molecular weight excluding hydrogens is 1780 g/mol. The van der Waals surface area contributed by atoms with Gasteiger partial charge in [0.05, 0.1) is 34.2 Å². The molecule has 0 fully saturated rings. The lowest BCUT2D eigenvalue weighted by atomic mass is 9.99. The van der Waals surface area contributed by atoms with Gasteiger partial charge in [-0.25, -0.2) is 44.9 Å². The van der Waals surface area contributed by atoms with Crippen LogP contribution in [0, 0.1) is 20.8 Å². The van der Waals surface area contributed by atoms with E-state index in [1.807, 2.05) is 115 Å². The molecule has 0 saturated heterocycles. The number of aromatic nitrogens is 9. The van der Waals surface area contributed by atoms with Gasteiger partial charge in [-0.15, -0.1) is 0 Å². The molecule has 9 heteroatoms. The first kappa shape index (κ1) is 93.9. The van der Waals surface area contributed by atoms with E-state index < -0.39 is 0 Å². The SMILES string of the molecule is Cc1ccc(-c2cc(-c3ccc(C)cc3)nc(-c3ccc(C)cc3)n2)cc1.c1ccc(-c2cc(-c3ccccc3)nc(-c3ccccc3)n2)cc1.c1ccc(-c2ccc(-c3cc(-c4ccc(-c5ccccc5)cc4)nc(-c4ccccc4)n3)cc2)cc1.c1ccc(-c2ccc(-c3ccc(-c4nc(-c5ccc(-c6ccc(-c7ccccc7)cc6)cc5)nc(-c5ccc(-c6ccc(-c7ccccc7)cc6)cc5)n4)cc3)cc2)cc1. The van der Waals surface area contributed by atoms with Crippen molar-refractivity contribution in [1.29, 1.82) is 0 Å². The highest BCUT2D eigenvalue weighted by atomic mass is 15.0. The van der Waals surface area contributed by atoms with E-state index in [4.69, 9.17) is 44.9 Å². The predicted octanol–water partition coefficient (Wildman–Crippen LogP) is 35.6. The summed E-state index contributed by atoms with van der Waals surface area (Å²) in [7, 11) is 0. The molecule has 4 aromatic heterocycles. The second kappa shape index (κ2) is 45.1. The Bertz CT molecular complexity index is 7720. The topological polar surface area (TPSA) is 116 Å². The van der Waals surface area contributed by atoms with E-state index in [9.17, 15) is 0 Å². The molecule has 0 amide bonds. The fraction of sp³-hybridized carbons (Fsp3) is 0.0217. The third kappa shape index (κ3) is 23.3. The molecule has 0 unspecified atom stereocenters. The largest absolute Gasteiger partial charge is 0.228 e. The van der Waals surface area contributed by atoms with E-state index in [0.29, 0.717) is 17.5 Å². The van der Waals surface area contributed by atoms with Crippen LogP contribution in [0.3, 0.4) is 0 Å². The Morgan fingerprint density at radius 2 is 0.184 bits per heavy atom. The van der Waals surface area contributed by atoms with Gasteiger partial charge in [0.25, 0.3) is 0 Å². The normalized spacial score (nSPS) is 10.8. The van der Waals surface area contributed by atoms with Gasteiger partial charge in [-0.1, -0.05) is 557 Å². The number of nitrogens with zero attached hydrogens (tertiary/aromatic N) is 9. The highest BCUT2D eigenvalue weighted by molar-refractivity contribution is 5.82. The van der Waals surface area contributed by atoms with Crippen LogP contribution in [0.2, 0.25) is 0 Å². The molecule has 0 N–H and O–H groups in total. The van der Waals surface area contributed by atoms with Crippen LogP contribution in [0.15, 0.2) is 558 Å². The van der Waals surface area contributed by atoms with Gasteiger partial charge in [-0.3, -0.25) is 0 Å². The number of hydrogen-bond acceptors (Lipinski definition) is 9. The Morgan fingerprint density at radius 1 is 0.0884 bits per heavy atom. The van der Waals surface area contributed by atoms with E-state index in [1.165, 1.54) is 72.3 Å². The maximum Gasteiger partial charge on any atom is 0.164 e. The maximum absolute atomic E-state index is 5.07. The highest BCUT2D eigenvalue weighted by Crippen LogP contribution is 2.39. The lowest BCUT2D eigenvalue weighted by Gasteiger charge is -2.11. The summed E-state index contributed by atoms with van der Waals surface area (Å²) < 4.78 is 0. The average molecular weight is 1890 g/mol. The van der Waals surface area contributed by atoms with E-state index in [0.717, 1.165) is 152 Å². The van der Waals surface area contributed by atoms with Crippen molar-refractivity contribution in [2.45, 2.75) is 20.8 Å². The molecule has 0 aliphatic carbocycles. The van der Waals surface area contributed by atoms with Gasteiger partial charge >= 0.3 is 0 Å². The van der Waals surface area contributed by atoms with Crippen molar-refractivity contribution in [3.05, 3.63) is 575 Å². The first-order valence-electron chi connectivity index (χ1n) is 49.5. The monoisotopic (exact) mass is 1880 g/mol. The van der Waals surface area contributed by atoms with Crippen LogP contribution in [-0.4, -0.2) is 44.9 Å². The summed E-state index contributed by atoms with van der Waals surface area (Å²) in [6.07, 6.45) is 0. The van der Waals surface area contributed by atoms with Crippen molar-refractivity contribution in [3.63, 3.8) is 0 Å². The molecule has 0 atom stereocenters. The molecule has 24 rings (SSSR count). The van der Waals surface area contributed by atoms with Crippen molar-refractivity contribution in [1.82, 2.24) is 44.9 Å². The Morgan fingerprint density at radius 3 is 0.347 bits per heavy atom. The van der Waals surface area contributed by atoms with E-state index >= 15 is 0 Å². The summed E-state index contributed by atoms with van der Waals surface area (Å²) in [5.41, 5.74) is 40.5. The molecule has 147 heavy (non-hydrogen) atoms. The number of rotatable bonds is 20. The Kier molecular flexibility index (Phi) is 28.8. The van der Waals surface area contributed by atoms with Crippen LogP contribution in [0.4, 0.5) is 0 Å². The minimum absolute atomic E-state index is 0.627. The van der Waals surface area contributed by atoms with E-state index in [1.54, 1.807) is 0 Å². The number of benzene rings is 20. The van der Waals surface area contributed by atoms with Crippen molar-refractivity contribution >= 4 is 0 Å². The van der Waals surface area contributed by atoms with Crippen molar-refractivity contribution in [2.75, 3.05) is 0 Å². The molecule has 24 aromatic rings. The number of hydrogen-bond donors (Lipinski definition) is 0. The summed E-state index contributed by atoms with van der Waals surface area (Å²) in [6, 6.07) is 193. The molecule has 20 aromatic carbocycles. The van der Waals surface area contributed by atoms with Crippen LogP contribution in [-0.2, 0) is 0 Å². The van der Waals surface area contributed by atoms with Crippen LogP contribution < -0.4 is 0 Å². The standard InChI is InChI=1S/C57H39N3.C34H24N2.C25H22N2.C22H16N2/c1-4-10-40(11-5-1)43-16-22-46(23-17-43)49-28-34-52(35-29-49)55-58-56(53-36-30-50(31-37-53)47-24-18-44(19-25-47)41-12-6-2-7-13-41)60-57(59-55)54-38-32-51(33-39-54)48-26-20-45(21-27-48)42-14-8-3-9-15-42;1-4-10-25(11-5-1)27-16-20-29(21-17-27)32-24-33(36-34(35-32)31-14-8-3-9-15-31)30-22-18-28(19-23-30)26-12-6-2-7-13-26;1-17-4-10-20(11-5-17)23-16-24(21-12-6-18(2)7-13-21)27-25(26-23)22-14-8-19(3)9-15-22;1-4-10-17(11-5-1)20-16-21(18-12-6-2-7-13-18)24-22(23-20)19-14-8-3-9-15-19/h1-39H;1-24H;4-16H,1-3H3;1-16H. The Balaban J connectivity index is 0.000000124. The Hall–Kier alpha value is -19.4. The molecule has 0 radical (unpaired) electrons. The van der Waals surface area contributed by atoms with Gasteiger partial charge in [0.2, 0.25) is 0 Å². The highest BCUT2D eigenvalue weighted by Gasteiger charge is 2.20. The van der Waals surface area contributed by atoms with E-state index in [-0.39, 0.29) is 0 Å². The lowest BCUT2D eigenvalue weighted by Crippen LogP contribution is -2.00. The Labute approximate surface area is 859 Å². The summed E-state index contributed by atoms with van der Waals surface area (Å²) >= 11 is 0. The average Bonchev–Trinajstić information content (AvgIpc) is 0.819. The third-order valence-corrected chi connectivity index (χ3v) is 26.0. The summed E-state index contributed by atoms with van der Waals surface area (Å²) in [5, 5.41) is 0. The third-order valence-electron chi connectivity index (χ3n) is 26.0. The summed E-state index contributed by atoms with van der Waals surface area (Å²) in [6.45, 7) is 6.28. The van der Waals surface area contributed by atoms with Crippen LogP contribution >= 0.6 is 0 Å². The summed E-state index contributed by atoms with van der Waals surface area (Å²) in [4.78, 5) is 44.4. The molecule has 4 heterocycles. The second-order valence-corrected chi connectivity index (χ2v) is 36.2. The predicted molar refractivity (Wildman–Crippen MR) is 609 cm³/mol. The molecule has 0 spiro atoms. The number of aryl methyl sites for hydroxylation is 3. The van der Waals surface area contributed by atoms with Gasteiger partial charge in [-0.2, -0.15) is 0 Å². The zero-order valence-electron chi connectivity index (χ0n) is 81.6. The van der Waals surface area contributed by atoms with Gasteiger partial charge in [-0.05, 0) is 128 Å². The zero-order chi connectivity index (χ0) is 99.2. The smallest absolute Gasteiger partial charge is 0.164 e. The van der Waals surface area contributed by atoms with Crippen molar-refractivity contribution in [2.24, 2.45) is 0 Å². The fourth-order valence-corrected chi connectivity index (χ4v) is 17.7. The maximum atomic E-state index is 5.07. The molecule has 0 aliphatic rings. The minimum Gasteiger partial charge on any atom is -0.228 e. The van der Waals surface area contributed by atoms with E-state index in [2.05, 4.69) is 464 Å². The van der Waals surface area contributed by atoms with Crippen LogP contribution in [0.1, 0.15) is 16.7 Å². The van der Waals surface area contributed by atoms with Crippen molar-refractivity contribution in [3.8, 4) is 225 Å². The first-order valence-corrected chi connectivity index (χ1v) is 49.5. The molecule has 0 aliphatic heterocycles. The van der Waals surface area contributed by atoms with Crippen molar-refractivity contribution < 1.29 is 0 Å². The zero-order valence-corrected chi connectivity index (χ0v) is 81.6. The molecule has 0 bridgehead atoms. The summed E-state index contributed by atoms with van der Waals surface area (Å²) in [5.74, 6) is 4.10. The van der Waals surface area contributed by atoms with Gasteiger partial charge in [0.1, 0.15) is 0 Å².